The van der Waals surface area contributed by atoms with Crippen molar-refractivity contribution < 1.29 is 18.8 Å². The van der Waals surface area contributed by atoms with Crippen molar-refractivity contribution in [3.63, 3.8) is 0 Å². The highest BCUT2D eigenvalue weighted by Gasteiger charge is 2.20. The zero-order valence-corrected chi connectivity index (χ0v) is 17.4. The molecule has 0 saturated heterocycles. The van der Waals surface area contributed by atoms with Crippen molar-refractivity contribution in [2.45, 2.75) is 6.42 Å². The van der Waals surface area contributed by atoms with Gasteiger partial charge in [-0.05, 0) is 36.4 Å². The molecule has 0 aliphatic heterocycles. The third-order valence-corrected chi connectivity index (χ3v) is 5.19. The number of amides is 1. The van der Waals surface area contributed by atoms with Crippen LogP contribution in [0.25, 0.3) is 11.3 Å². The van der Waals surface area contributed by atoms with E-state index in [4.69, 9.17) is 4.74 Å². The SMILES string of the molecule is C[NH+](C)CCCN(C(=O)COc1ccccc1)c1nc(-c2ccc(F)cc2)cs1. The molecule has 1 aromatic heterocycles. The van der Waals surface area contributed by atoms with Gasteiger partial charge in [-0.2, -0.15) is 0 Å². The molecule has 0 saturated carbocycles. The molecule has 1 heterocycles. The molecule has 0 unspecified atom stereocenters. The smallest absolute Gasteiger partial charge is 0.266 e. The van der Waals surface area contributed by atoms with E-state index in [0.29, 0.717) is 17.4 Å². The van der Waals surface area contributed by atoms with Gasteiger partial charge < -0.3 is 9.64 Å². The van der Waals surface area contributed by atoms with E-state index in [1.807, 2.05) is 35.7 Å². The predicted molar refractivity (Wildman–Crippen MR) is 114 cm³/mol. The molecule has 1 amide bonds. The lowest BCUT2D eigenvalue weighted by Gasteiger charge is -2.20. The number of hydrogen-bond donors (Lipinski definition) is 1. The molecule has 0 aliphatic carbocycles. The fourth-order valence-electron chi connectivity index (χ4n) is 2.80. The first-order valence-corrected chi connectivity index (χ1v) is 10.4. The standard InChI is InChI=1S/C22H24FN3O2S/c1-25(2)13-6-14-26(21(27)15-28-19-7-4-3-5-8-19)22-24-20(16-29-22)17-9-11-18(23)12-10-17/h3-5,7-12,16H,6,13-15H2,1-2H3/p+1. The Balaban J connectivity index is 1.73. The summed E-state index contributed by atoms with van der Waals surface area (Å²) in [5.41, 5.74) is 1.55. The molecule has 29 heavy (non-hydrogen) atoms. The van der Waals surface area contributed by atoms with Gasteiger partial charge in [0.2, 0.25) is 0 Å². The summed E-state index contributed by atoms with van der Waals surface area (Å²) < 4.78 is 18.8. The Labute approximate surface area is 174 Å². The summed E-state index contributed by atoms with van der Waals surface area (Å²) >= 11 is 1.40. The molecule has 152 valence electrons. The number of nitrogens with one attached hydrogen (secondary N) is 1. The molecule has 0 radical (unpaired) electrons. The van der Waals surface area contributed by atoms with Gasteiger partial charge in [0.05, 0.1) is 26.3 Å². The highest BCUT2D eigenvalue weighted by Crippen LogP contribution is 2.28. The van der Waals surface area contributed by atoms with E-state index >= 15 is 0 Å². The number of benzene rings is 2. The maximum Gasteiger partial charge on any atom is 0.266 e. The zero-order chi connectivity index (χ0) is 20.6. The number of nitrogens with zero attached hydrogens (tertiary/aromatic N) is 2. The van der Waals surface area contributed by atoms with Crippen LogP contribution in [-0.2, 0) is 4.79 Å². The Bertz CT molecular complexity index is 913. The lowest BCUT2D eigenvalue weighted by Crippen LogP contribution is -3.05. The molecule has 0 bridgehead atoms. The monoisotopic (exact) mass is 414 g/mol. The second-order valence-corrected chi connectivity index (χ2v) is 7.82. The van der Waals surface area contributed by atoms with E-state index in [-0.39, 0.29) is 18.3 Å². The highest BCUT2D eigenvalue weighted by molar-refractivity contribution is 7.14. The summed E-state index contributed by atoms with van der Waals surface area (Å²) in [4.78, 5) is 20.5. The second kappa shape index (κ2) is 10.1. The van der Waals surface area contributed by atoms with Crippen LogP contribution in [0.3, 0.4) is 0 Å². The molecular formula is C22H25FN3O2S+. The number of thiazole rings is 1. The lowest BCUT2D eigenvalue weighted by molar-refractivity contribution is -0.858. The number of quaternary nitrogens is 1. The number of aromatic nitrogens is 1. The quantitative estimate of drug-likeness (QED) is 0.586. The Morgan fingerprint density at radius 1 is 1.14 bits per heavy atom. The fourth-order valence-corrected chi connectivity index (χ4v) is 3.68. The lowest BCUT2D eigenvalue weighted by atomic mass is 10.2. The number of ether oxygens (including phenoxy) is 1. The topological polar surface area (TPSA) is 46.9 Å². The molecule has 1 N–H and O–H groups in total. The van der Waals surface area contributed by atoms with Crippen molar-refractivity contribution in [3.05, 3.63) is 65.8 Å². The van der Waals surface area contributed by atoms with Gasteiger partial charge in [0, 0.05) is 23.9 Å². The number of carbonyl (C=O) groups is 1. The maximum atomic E-state index is 13.2. The van der Waals surface area contributed by atoms with Gasteiger partial charge in [0.25, 0.3) is 5.91 Å². The maximum absolute atomic E-state index is 13.2. The first kappa shape index (κ1) is 21.0. The Hall–Kier alpha value is -2.77. The average Bonchev–Trinajstić information content (AvgIpc) is 3.20. The molecule has 2 aromatic carbocycles. The van der Waals surface area contributed by atoms with Gasteiger partial charge in [0.15, 0.2) is 11.7 Å². The van der Waals surface area contributed by atoms with Crippen molar-refractivity contribution in [1.82, 2.24) is 4.98 Å². The number of halogens is 1. The molecular weight excluding hydrogens is 389 g/mol. The largest absolute Gasteiger partial charge is 0.484 e. The summed E-state index contributed by atoms with van der Waals surface area (Å²) in [5.74, 6) is 0.234. The number of carbonyl (C=O) groups excluding carboxylic acids is 1. The van der Waals surface area contributed by atoms with Crippen LogP contribution in [0.2, 0.25) is 0 Å². The first-order chi connectivity index (χ1) is 14.0. The van der Waals surface area contributed by atoms with Crippen LogP contribution in [0.5, 0.6) is 5.75 Å². The number of hydrogen-bond acceptors (Lipinski definition) is 4. The summed E-state index contributed by atoms with van der Waals surface area (Å²) in [7, 11) is 4.17. The van der Waals surface area contributed by atoms with Gasteiger partial charge in [-0.25, -0.2) is 9.37 Å². The zero-order valence-electron chi connectivity index (χ0n) is 16.6. The normalized spacial score (nSPS) is 10.9. The summed E-state index contributed by atoms with van der Waals surface area (Å²) in [6.45, 7) is 1.46. The van der Waals surface area contributed by atoms with E-state index < -0.39 is 0 Å². The van der Waals surface area contributed by atoms with E-state index in [0.717, 1.165) is 24.2 Å². The minimum Gasteiger partial charge on any atom is -0.484 e. The summed E-state index contributed by atoms with van der Waals surface area (Å²) in [6, 6.07) is 15.5. The van der Waals surface area contributed by atoms with E-state index in [1.165, 1.54) is 28.4 Å². The molecule has 0 spiro atoms. The van der Waals surface area contributed by atoms with Crippen molar-refractivity contribution >= 4 is 22.4 Å². The Morgan fingerprint density at radius 2 is 1.86 bits per heavy atom. The van der Waals surface area contributed by atoms with Gasteiger partial charge in [-0.1, -0.05) is 18.2 Å². The molecule has 0 aliphatic rings. The van der Waals surface area contributed by atoms with Crippen molar-refractivity contribution in [2.75, 3.05) is 38.7 Å². The Morgan fingerprint density at radius 3 is 2.55 bits per heavy atom. The third-order valence-electron chi connectivity index (χ3n) is 4.33. The molecule has 3 aromatic rings. The van der Waals surface area contributed by atoms with Crippen LogP contribution >= 0.6 is 11.3 Å². The van der Waals surface area contributed by atoms with Crippen LogP contribution in [-0.4, -0.2) is 44.7 Å². The number of para-hydroxylation sites is 1. The van der Waals surface area contributed by atoms with Crippen molar-refractivity contribution in [1.29, 1.82) is 0 Å². The van der Waals surface area contributed by atoms with Crippen molar-refractivity contribution in [2.24, 2.45) is 0 Å². The molecule has 0 atom stereocenters. The minimum absolute atomic E-state index is 0.0513. The first-order valence-electron chi connectivity index (χ1n) is 9.51. The average molecular weight is 415 g/mol. The van der Waals surface area contributed by atoms with Gasteiger partial charge in [0.1, 0.15) is 11.6 Å². The van der Waals surface area contributed by atoms with Gasteiger partial charge in [-0.15, -0.1) is 11.3 Å². The van der Waals surface area contributed by atoms with Crippen LogP contribution < -0.4 is 14.5 Å². The third kappa shape index (κ3) is 6.10. The van der Waals surface area contributed by atoms with E-state index in [2.05, 4.69) is 19.1 Å². The summed E-state index contributed by atoms with van der Waals surface area (Å²) in [6.07, 6.45) is 0.852. The van der Waals surface area contributed by atoms with E-state index in [9.17, 15) is 9.18 Å². The molecule has 0 fully saturated rings. The predicted octanol–water partition coefficient (Wildman–Crippen LogP) is 2.90. The fraction of sp³-hybridized carbons (Fsp3) is 0.273. The van der Waals surface area contributed by atoms with Gasteiger partial charge >= 0.3 is 0 Å². The van der Waals surface area contributed by atoms with Crippen LogP contribution in [0.15, 0.2) is 60.0 Å². The van der Waals surface area contributed by atoms with Crippen molar-refractivity contribution in [3.8, 4) is 17.0 Å². The number of anilines is 1. The Kier molecular flexibility index (Phi) is 7.32. The second-order valence-electron chi connectivity index (χ2n) is 6.98. The summed E-state index contributed by atoms with van der Waals surface area (Å²) in [5, 5.41) is 2.51. The molecule has 3 rings (SSSR count). The highest BCUT2D eigenvalue weighted by atomic mass is 32.1. The van der Waals surface area contributed by atoms with Crippen LogP contribution in [0, 0.1) is 5.82 Å². The van der Waals surface area contributed by atoms with Gasteiger partial charge in [-0.3, -0.25) is 9.69 Å². The van der Waals surface area contributed by atoms with Crippen LogP contribution in [0.1, 0.15) is 6.42 Å². The van der Waals surface area contributed by atoms with Crippen LogP contribution in [0.4, 0.5) is 9.52 Å². The van der Waals surface area contributed by atoms with E-state index in [1.54, 1.807) is 17.0 Å². The number of rotatable bonds is 9. The molecule has 5 nitrogen and oxygen atoms in total. The molecule has 7 heteroatoms. The minimum atomic E-state index is -0.287.